The van der Waals surface area contributed by atoms with Crippen LogP contribution in [0.5, 0.6) is 0 Å². The Kier molecular flexibility index (Phi) is 7.65. The first-order chi connectivity index (χ1) is 33.7. The van der Waals surface area contributed by atoms with Gasteiger partial charge in [-0.25, -0.2) is 4.98 Å². The molecule has 0 aliphatic rings. The summed E-state index contributed by atoms with van der Waals surface area (Å²) < 4.78 is 18.2. The summed E-state index contributed by atoms with van der Waals surface area (Å²) in [6.07, 6.45) is 0. The lowest BCUT2D eigenvalue weighted by Crippen LogP contribution is -2.06. The highest BCUT2D eigenvalue weighted by Crippen LogP contribution is 2.50. The summed E-state index contributed by atoms with van der Waals surface area (Å²) in [5.41, 5.74) is 12.7. The Bertz CT molecular complexity index is 4490. The maximum atomic E-state index is 7.04. The molecule has 5 heterocycles. The van der Waals surface area contributed by atoms with Gasteiger partial charge in [-0.05, 0) is 83.2 Å². The summed E-state index contributed by atoms with van der Waals surface area (Å²) in [4.78, 5) is 15.3. The van der Waals surface area contributed by atoms with Crippen LogP contribution in [0.1, 0.15) is 0 Å². The van der Waals surface area contributed by atoms with Crippen LogP contribution in [-0.4, -0.2) is 24.1 Å². The zero-order valence-electron chi connectivity index (χ0n) is 36.3. The summed E-state index contributed by atoms with van der Waals surface area (Å²) in [6.45, 7) is 0. The third kappa shape index (κ3) is 5.26. The van der Waals surface area contributed by atoms with Gasteiger partial charge < -0.3 is 13.4 Å². The van der Waals surface area contributed by atoms with Crippen molar-refractivity contribution in [1.82, 2.24) is 24.1 Å². The number of nitrogens with zero attached hydrogens (tertiary/aromatic N) is 5. The van der Waals surface area contributed by atoms with Gasteiger partial charge in [0.05, 0.1) is 22.1 Å². The maximum Gasteiger partial charge on any atom is 0.238 e. The van der Waals surface area contributed by atoms with E-state index < -0.39 is 0 Å². The van der Waals surface area contributed by atoms with Crippen molar-refractivity contribution in [2.45, 2.75) is 0 Å². The van der Waals surface area contributed by atoms with Gasteiger partial charge in [0.1, 0.15) is 16.7 Å². The zero-order valence-corrected chi connectivity index (χ0v) is 36.3. The van der Waals surface area contributed by atoms with E-state index in [1.165, 1.54) is 0 Å². The van der Waals surface area contributed by atoms with E-state index in [4.69, 9.17) is 23.8 Å². The molecular weight excluding hydrogens is 835 g/mol. The average molecular weight is 870 g/mol. The number of benzene rings is 10. The average Bonchev–Trinajstić information content (AvgIpc) is 4.17. The molecule has 0 aliphatic carbocycles. The van der Waals surface area contributed by atoms with Gasteiger partial charge in [0, 0.05) is 65.3 Å². The predicted octanol–water partition coefficient (Wildman–Crippen LogP) is 16.0. The van der Waals surface area contributed by atoms with Crippen LogP contribution >= 0.6 is 0 Å². The Morgan fingerprint density at radius 2 is 0.853 bits per heavy atom. The van der Waals surface area contributed by atoms with Gasteiger partial charge in [-0.2, -0.15) is 9.97 Å². The van der Waals surface area contributed by atoms with Gasteiger partial charge in [-0.15, -0.1) is 0 Å². The minimum atomic E-state index is 0.565. The molecule has 0 N–H and O–H groups in total. The Morgan fingerprint density at radius 3 is 1.54 bits per heavy atom. The van der Waals surface area contributed by atoms with Gasteiger partial charge in [-0.3, -0.25) is 4.57 Å². The number of hydrogen-bond acceptors (Lipinski definition) is 5. The Hall–Kier alpha value is -9.33. The quantitative estimate of drug-likeness (QED) is 0.172. The first-order valence-corrected chi connectivity index (χ1v) is 22.9. The summed E-state index contributed by atoms with van der Waals surface area (Å²) in [5.74, 6) is 1.80. The molecule has 15 rings (SSSR count). The van der Waals surface area contributed by atoms with Crippen LogP contribution in [0, 0.1) is 0 Å². The van der Waals surface area contributed by atoms with E-state index in [9.17, 15) is 0 Å². The van der Waals surface area contributed by atoms with E-state index in [1.54, 1.807) is 0 Å². The summed E-state index contributed by atoms with van der Waals surface area (Å²) >= 11 is 0. The van der Waals surface area contributed by atoms with Crippen LogP contribution < -0.4 is 0 Å². The molecule has 5 aromatic heterocycles. The molecule has 0 spiro atoms. The fourth-order valence-corrected chi connectivity index (χ4v) is 10.8. The van der Waals surface area contributed by atoms with E-state index in [1.807, 2.05) is 72.8 Å². The van der Waals surface area contributed by atoms with Crippen molar-refractivity contribution < 1.29 is 8.83 Å². The molecule has 0 saturated heterocycles. The van der Waals surface area contributed by atoms with Crippen LogP contribution in [0.4, 0.5) is 0 Å². The molecule has 15 aromatic rings. The van der Waals surface area contributed by atoms with Crippen LogP contribution in [0.2, 0.25) is 0 Å². The third-order valence-corrected chi connectivity index (χ3v) is 13.7. The summed E-state index contributed by atoms with van der Waals surface area (Å²) in [6, 6.07) is 74.2. The van der Waals surface area contributed by atoms with Gasteiger partial charge in [-0.1, -0.05) is 146 Å². The highest BCUT2D eigenvalue weighted by molar-refractivity contribution is 6.41. The lowest BCUT2D eigenvalue weighted by Gasteiger charge is -2.11. The Morgan fingerprint density at radius 1 is 0.309 bits per heavy atom. The van der Waals surface area contributed by atoms with E-state index in [0.717, 1.165) is 126 Å². The molecule has 0 saturated carbocycles. The first-order valence-electron chi connectivity index (χ1n) is 22.9. The standard InChI is InChI=1S/C61H35N5O2/c1-4-16-36(17-5-1)59-62-60(37-18-6-2-7-19-37)64-61(63-59)66-47-25-13-10-22-41(47)45-34-38(28-31-48(45)66)39-29-32-49-46(35-39)53-44-30-33-52-54(42-23-11-14-26-50(42)67-52)55(44)56-43-24-12-15-27-51(43)68-58(56)57(53)65(49)40-20-8-3-9-21-40/h1-35H. The SMILES string of the molecule is c1ccc(-c2nc(-c3ccccc3)nc(-n3c4ccccc4c4cc(-c5ccc6c(c5)c5c7ccc8oc9ccccc9c8c7c7c8ccccc8oc7c5n6-c5ccccc5)ccc43)n2)cc1. The monoisotopic (exact) mass is 869 g/mol. The Balaban J connectivity index is 1.01. The number of para-hydroxylation sites is 4. The van der Waals surface area contributed by atoms with Gasteiger partial charge in [0.2, 0.25) is 5.95 Å². The number of hydrogen-bond donors (Lipinski definition) is 0. The number of rotatable bonds is 5. The van der Waals surface area contributed by atoms with Gasteiger partial charge >= 0.3 is 0 Å². The molecule has 7 heteroatoms. The largest absolute Gasteiger partial charge is 0.456 e. The molecule has 316 valence electrons. The summed E-state index contributed by atoms with van der Waals surface area (Å²) in [5, 5.41) is 11.1. The fraction of sp³-hybridized carbons (Fsp3) is 0. The van der Waals surface area contributed by atoms with Crippen molar-refractivity contribution in [3.05, 3.63) is 212 Å². The molecular formula is C61H35N5O2. The molecule has 0 amide bonds. The third-order valence-electron chi connectivity index (χ3n) is 13.7. The number of furan rings is 2. The molecule has 0 unspecified atom stereocenters. The van der Waals surface area contributed by atoms with Crippen molar-refractivity contribution >= 4 is 98.3 Å². The smallest absolute Gasteiger partial charge is 0.238 e. The number of fused-ring (bicyclic) bond motifs is 17. The normalized spacial score (nSPS) is 12.1. The van der Waals surface area contributed by atoms with Crippen molar-refractivity contribution in [1.29, 1.82) is 0 Å². The second kappa shape index (κ2) is 14.1. The van der Waals surface area contributed by atoms with Crippen LogP contribution in [0.15, 0.2) is 221 Å². The second-order valence-electron chi connectivity index (χ2n) is 17.5. The maximum absolute atomic E-state index is 7.04. The molecule has 0 fully saturated rings. The van der Waals surface area contributed by atoms with Crippen molar-refractivity contribution in [2.75, 3.05) is 0 Å². The fourth-order valence-electron chi connectivity index (χ4n) is 10.8. The van der Waals surface area contributed by atoms with Crippen LogP contribution in [-0.2, 0) is 0 Å². The molecule has 7 nitrogen and oxygen atoms in total. The second-order valence-corrected chi connectivity index (χ2v) is 17.5. The topological polar surface area (TPSA) is 74.8 Å². The highest BCUT2D eigenvalue weighted by Gasteiger charge is 2.26. The molecule has 0 atom stereocenters. The van der Waals surface area contributed by atoms with E-state index in [0.29, 0.717) is 17.6 Å². The number of aromatic nitrogens is 5. The van der Waals surface area contributed by atoms with Crippen molar-refractivity contribution in [3.63, 3.8) is 0 Å². The molecule has 10 aromatic carbocycles. The van der Waals surface area contributed by atoms with Crippen LogP contribution in [0.3, 0.4) is 0 Å². The van der Waals surface area contributed by atoms with Gasteiger partial charge in [0.15, 0.2) is 17.2 Å². The van der Waals surface area contributed by atoms with Crippen molar-refractivity contribution in [3.8, 4) is 45.5 Å². The van der Waals surface area contributed by atoms with Crippen LogP contribution in [0.25, 0.3) is 144 Å². The highest BCUT2D eigenvalue weighted by atomic mass is 16.3. The predicted molar refractivity (Wildman–Crippen MR) is 277 cm³/mol. The first kappa shape index (κ1) is 36.9. The molecule has 0 radical (unpaired) electrons. The Labute approximate surface area is 387 Å². The van der Waals surface area contributed by atoms with Gasteiger partial charge in [0.25, 0.3) is 0 Å². The molecule has 68 heavy (non-hydrogen) atoms. The van der Waals surface area contributed by atoms with E-state index in [-0.39, 0.29) is 0 Å². The minimum Gasteiger partial charge on any atom is -0.456 e. The molecule has 0 aliphatic heterocycles. The van der Waals surface area contributed by atoms with E-state index in [2.05, 4.69) is 149 Å². The summed E-state index contributed by atoms with van der Waals surface area (Å²) in [7, 11) is 0. The zero-order chi connectivity index (χ0) is 44.5. The van der Waals surface area contributed by atoms with Crippen molar-refractivity contribution in [2.24, 2.45) is 0 Å². The lowest BCUT2D eigenvalue weighted by atomic mass is 9.94. The molecule has 0 bridgehead atoms. The lowest BCUT2D eigenvalue weighted by molar-refractivity contribution is 0.669. The van der Waals surface area contributed by atoms with E-state index >= 15 is 0 Å². The minimum absolute atomic E-state index is 0.565.